The van der Waals surface area contributed by atoms with Crippen LogP contribution in [0.25, 0.3) is 11.3 Å². The maximum atomic E-state index is 11.5. The van der Waals surface area contributed by atoms with E-state index in [1.165, 1.54) is 6.07 Å². The fraction of sp³-hybridized carbons (Fsp3) is 0.235. The molecule has 7 heteroatoms. The van der Waals surface area contributed by atoms with Crippen LogP contribution in [0.15, 0.2) is 18.2 Å². The van der Waals surface area contributed by atoms with Crippen LogP contribution in [-0.2, 0) is 13.0 Å². The molecule has 1 aliphatic rings. The van der Waals surface area contributed by atoms with E-state index in [0.29, 0.717) is 35.7 Å². The zero-order chi connectivity index (χ0) is 17.4. The Balaban J connectivity index is 2.37. The number of nitrogens with two attached hydrogens (primary N) is 1. The zero-order valence-electron chi connectivity index (χ0n) is 13.3. The van der Waals surface area contributed by atoms with E-state index in [1.807, 2.05) is 6.07 Å². The van der Waals surface area contributed by atoms with Gasteiger partial charge in [-0.1, -0.05) is 0 Å². The molecule has 122 valence electrons. The Morgan fingerprint density at radius 3 is 2.54 bits per heavy atom. The predicted octanol–water partition coefficient (Wildman–Crippen LogP) is 1.18. The van der Waals surface area contributed by atoms with Gasteiger partial charge in [-0.3, -0.25) is 10.2 Å². The number of pyridine rings is 1. The Hall–Kier alpha value is -3.27. The molecule has 0 bridgehead atoms. The first-order valence-corrected chi connectivity index (χ1v) is 7.29. The first-order chi connectivity index (χ1) is 11.5. The molecule has 3 N–H and O–H groups in total. The average molecular weight is 324 g/mol. The van der Waals surface area contributed by atoms with Crippen molar-refractivity contribution in [2.45, 2.75) is 13.0 Å². The lowest BCUT2D eigenvalue weighted by Crippen LogP contribution is -2.33. The molecule has 1 aromatic carbocycles. The van der Waals surface area contributed by atoms with Crippen LogP contribution >= 0.6 is 0 Å². The fourth-order valence-corrected chi connectivity index (χ4v) is 3.05. The van der Waals surface area contributed by atoms with E-state index in [2.05, 4.69) is 6.07 Å². The molecule has 0 aliphatic carbocycles. The van der Waals surface area contributed by atoms with Gasteiger partial charge in [0, 0.05) is 12.1 Å². The molecule has 0 radical (unpaired) electrons. The van der Waals surface area contributed by atoms with E-state index >= 15 is 0 Å². The fourth-order valence-electron chi connectivity index (χ4n) is 3.05. The number of hydrogen-bond acceptors (Lipinski definition) is 5. The number of methoxy groups -OCH3 is 2. The van der Waals surface area contributed by atoms with Gasteiger partial charge in [0.2, 0.25) is 0 Å². The third-order valence-corrected chi connectivity index (χ3v) is 4.19. The van der Waals surface area contributed by atoms with E-state index in [1.54, 1.807) is 24.9 Å². The van der Waals surface area contributed by atoms with E-state index in [0.717, 1.165) is 11.1 Å². The first kappa shape index (κ1) is 15.6. The van der Waals surface area contributed by atoms with Crippen LogP contribution in [0.3, 0.4) is 0 Å². The number of primary amides is 1. The normalized spacial score (nSPS) is 11.9. The average Bonchev–Trinajstić information content (AvgIpc) is 2.60. The predicted molar refractivity (Wildman–Crippen MR) is 85.8 cm³/mol. The minimum absolute atomic E-state index is 0.0111. The number of fused-ring (bicyclic) bond motifs is 3. The van der Waals surface area contributed by atoms with Gasteiger partial charge in [-0.2, -0.15) is 5.26 Å². The number of amides is 1. The third-order valence-electron chi connectivity index (χ3n) is 4.19. The Bertz CT molecular complexity index is 954. The van der Waals surface area contributed by atoms with Gasteiger partial charge >= 0.3 is 0 Å². The van der Waals surface area contributed by atoms with Crippen molar-refractivity contribution in [2.75, 3.05) is 14.2 Å². The van der Waals surface area contributed by atoms with Crippen LogP contribution in [0.5, 0.6) is 11.5 Å². The monoisotopic (exact) mass is 324 g/mol. The molecule has 0 atom stereocenters. The molecule has 0 fully saturated rings. The lowest BCUT2D eigenvalue weighted by molar-refractivity contribution is 0.0997. The molecule has 0 saturated carbocycles. The SMILES string of the molecule is COc1cc2c(cc1OC)-c1c(C#N)cc(C(N)=O)c(=N)n1CC2. The Labute approximate surface area is 138 Å². The molecule has 2 heterocycles. The number of benzene rings is 1. The number of carbonyl (C=O) groups excluding carboxylic acids is 1. The van der Waals surface area contributed by atoms with Crippen molar-refractivity contribution in [1.29, 1.82) is 10.7 Å². The van der Waals surface area contributed by atoms with Crippen molar-refractivity contribution >= 4 is 5.91 Å². The van der Waals surface area contributed by atoms with Crippen molar-refractivity contribution in [3.05, 3.63) is 40.4 Å². The number of nitriles is 1. The molecule has 1 amide bonds. The summed E-state index contributed by atoms with van der Waals surface area (Å²) in [5, 5.41) is 17.8. The largest absolute Gasteiger partial charge is 0.493 e. The van der Waals surface area contributed by atoms with Gasteiger partial charge in [0.05, 0.1) is 31.0 Å². The lowest BCUT2D eigenvalue weighted by atomic mass is 9.93. The number of hydrogen-bond donors (Lipinski definition) is 2. The highest BCUT2D eigenvalue weighted by Crippen LogP contribution is 2.39. The summed E-state index contributed by atoms with van der Waals surface area (Å²) in [6.45, 7) is 0.479. The van der Waals surface area contributed by atoms with Gasteiger partial charge in [-0.25, -0.2) is 0 Å². The Morgan fingerprint density at radius 2 is 1.96 bits per heavy atom. The minimum Gasteiger partial charge on any atom is -0.493 e. The summed E-state index contributed by atoms with van der Waals surface area (Å²) in [4.78, 5) is 11.5. The maximum Gasteiger partial charge on any atom is 0.252 e. The number of carbonyl (C=O) groups is 1. The molecule has 1 aliphatic heterocycles. The number of rotatable bonds is 3. The molecule has 24 heavy (non-hydrogen) atoms. The third kappa shape index (κ3) is 2.20. The van der Waals surface area contributed by atoms with Crippen molar-refractivity contribution in [2.24, 2.45) is 5.73 Å². The summed E-state index contributed by atoms with van der Waals surface area (Å²) in [6.07, 6.45) is 0.645. The second-order valence-electron chi connectivity index (χ2n) is 5.41. The molecule has 3 rings (SSSR count). The van der Waals surface area contributed by atoms with Gasteiger partial charge < -0.3 is 19.8 Å². The highest BCUT2D eigenvalue weighted by atomic mass is 16.5. The lowest BCUT2D eigenvalue weighted by Gasteiger charge is -2.25. The smallest absolute Gasteiger partial charge is 0.252 e. The summed E-state index contributed by atoms with van der Waals surface area (Å²) in [5.74, 6) is 0.437. The number of aromatic nitrogens is 1. The van der Waals surface area contributed by atoms with E-state index in [9.17, 15) is 10.1 Å². The van der Waals surface area contributed by atoms with Gasteiger partial charge in [0.15, 0.2) is 11.5 Å². The Morgan fingerprint density at radius 1 is 1.29 bits per heavy atom. The second kappa shape index (κ2) is 5.74. The molecule has 1 aromatic heterocycles. The molecule has 0 saturated heterocycles. The highest BCUT2D eigenvalue weighted by molar-refractivity contribution is 5.93. The molecule has 0 unspecified atom stereocenters. The van der Waals surface area contributed by atoms with Crippen LogP contribution in [0, 0.1) is 16.7 Å². The first-order valence-electron chi connectivity index (χ1n) is 7.29. The number of aryl methyl sites for hydroxylation is 1. The molecule has 7 nitrogen and oxygen atoms in total. The van der Waals surface area contributed by atoms with Crippen LogP contribution in [0.1, 0.15) is 21.5 Å². The maximum absolute atomic E-state index is 11.5. The Kier molecular flexibility index (Phi) is 3.73. The topological polar surface area (TPSA) is 114 Å². The van der Waals surface area contributed by atoms with Crippen LogP contribution in [0.2, 0.25) is 0 Å². The van der Waals surface area contributed by atoms with E-state index in [-0.39, 0.29) is 11.1 Å². The standard InChI is InChI=1S/C17H16N4O3/c1-23-13-6-9-3-4-21-15(11(9)7-14(13)24-2)10(8-18)5-12(16(21)19)17(20)22/h5-7,19H,3-4H2,1-2H3,(H2,20,22). The quantitative estimate of drug-likeness (QED) is 0.882. The number of nitrogens with zero attached hydrogens (tertiary/aromatic N) is 2. The summed E-state index contributed by atoms with van der Waals surface area (Å²) in [7, 11) is 3.11. The van der Waals surface area contributed by atoms with E-state index in [4.69, 9.17) is 20.6 Å². The summed E-state index contributed by atoms with van der Waals surface area (Å²) < 4.78 is 12.3. The number of nitrogens with one attached hydrogen (secondary N) is 1. The van der Waals surface area contributed by atoms with Crippen molar-refractivity contribution in [1.82, 2.24) is 4.57 Å². The van der Waals surface area contributed by atoms with Crippen LogP contribution < -0.4 is 20.7 Å². The summed E-state index contributed by atoms with van der Waals surface area (Å²) >= 11 is 0. The zero-order valence-corrected chi connectivity index (χ0v) is 13.3. The molecule has 2 aromatic rings. The molecular formula is C17H16N4O3. The van der Waals surface area contributed by atoms with Crippen molar-refractivity contribution < 1.29 is 14.3 Å². The summed E-state index contributed by atoms with van der Waals surface area (Å²) in [5.41, 5.74) is 8.06. The minimum atomic E-state index is -0.718. The number of ether oxygens (including phenoxy) is 2. The van der Waals surface area contributed by atoms with Crippen molar-refractivity contribution in [3.63, 3.8) is 0 Å². The molecular weight excluding hydrogens is 308 g/mol. The van der Waals surface area contributed by atoms with Crippen molar-refractivity contribution in [3.8, 4) is 28.8 Å². The van der Waals surface area contributed by atoms with Gasteiger partial charge in [-0.15, -0.1) is 0 Å². The molecule has 0 spiro atoms. The van der Waals surface area contributed by atoms with Gasteiger partial charge in [0.25, 0.3) is 5.91 Å². The van der Waals surface area contributed by atoms with E-state index < -0.39 is 5.91 Å². The summed E-state index contributed by atoms with van der Waals surface area (Å²) in [6, 6.07) is 7.15. The van der Waals surface area contributed by atoms with Crippen LogP contribution in [0.4, 0.5) is 0 Å². The van der Waals surface area contributed by atoms with Crippen LogP contribution in [-0.4, -0.2) is 24.7 Å². The highest BCUT2D eigenvalue weighted by Gasteiger charge is 2.24. The second-order valence-corrected chi connectivity index (χ2v) is 5.41. The van der Waals surface area contributed by atoms with Gasteiger partial charge in [0.1, 0.15) is 11.6 Å². The van der Waals surface area contributed by atoms with Gasteiger partial charge in [-0.05, 0) is 30.2 Å².